The predicted molar refractivity (Wildman–Crippen MR) is 75.8 cm³/mol. The molecule has 2 aliphatic rings. The summed E-state index contributed by atoms with van der Waals surface area (Å²) in [4.78, 5) is 11.7. The van der Waals surface area contributed by atoms with Crippen molar-refractivity contribution in [2.45, 2.75) is 31.0 Å². The Labute approximate surface area is 128 Å². The molecule has 1 aromatic rings. The zero-order chi connectivity index (χ0) is 15.7. The van der Waals surface area contributed by atoms with Crippen molar-refractivity contribution in [2.24, 2.45) is 11.8 Å². The first-order valence-corrected chi connectivity index (χ1v) is 7.35. The fourth-order valence-electron chi connectivity index (χ4n) is 3.16. The summed E-state index contributed by atoms with van der Waals surface area (Å²) < 4.78 is 16.3. The summed E-state index contributed by atoms with van der Waals surface area (Å²) in [7, 11) is 1.34. The highest BCUT2D eigenvalue weighted by Crippen LogP contribution is 2.54. The molecule has 1 heterocycles. The van der Waals surface area contributed by atoms with Gasteiger partial charge in [-0.15, -0.1) is 0 Å². The molecule has 2 fully saturated rings. The third-order valence-corrected chi connectivity index (χ3v) is 4.35. The minimum absolute atomic E-state index is 0.123. The number of aliphatic hydroxyl groups is 2. The van der Waals surface area contributed by atoms with Crippen molar-refractivity contribution < 1.29 is 29.2 Å². The molecule has 2 N–H and O–H groups in total. The van der Waals surface area contributed by atoms with Crippen LogP contribution in [0.25, 0.3) is 0 Å². The van der Waals surface area contributed by atoms with E-state index >= 15 is 0 Å². The smallest absolute Gasteiger partial charge is 0.311 e. The lowest BCUT2D eigenvalue weighted by Crippen LogP contribution is -2.42. The summed E-state index contributed by atoms with van der Waals surface area (Å²) in [5.74, 6) is -0.782. The second-order valence-electron chi connectivity index (χ2n) is 5.70. The average Bonchev–Trinajstić information content (AvgIpc) is 3.15. The van der Waals surface area contributed by atoms with E-state index in [0.29, 0.717) is 6.61 Å². The number of esters is 1. The largest absolute Gasteiger partial charge is 0.469 e. The molecule has 0 radical (unpaired) electrons. The van der Waals surface area contributed by atoms with Crippen LogP contribution < -0.4 is 0 Å². The first kappa shape index (κ1) is 15.4. The Hall–Kier alpha value is -1.47. The second kappa shape index (κ2) is 6.34. The number of hydrogen-bond donors (Lipinski definition) is 2. The Morgan fingerprint density at radius 1 is 1.36 bits per heavy atom. The number of hydrogen-bond acceptors (Lipinski definition) is 6. The fraction of sp³-hybridized carbons (Fsp3) is 0.562. The van der Waals surface area contributed by atoms with E-state index in [0.717, 1.165) is 5.56 Å². The molecule has 0 aromatic heterocycles. The van der Waals surface area contributed by atoms with Crippen molar-refractivity contribution in [3.05, 3.63) is 35.9 Å². The molecule has 6 atom stereocenters. The van der Waals surface area contributed by atoms with Crippen LogP contribution in [0.2, 0.25) is 0 Å². The number of ether oxygens (including phenoxy) is 3. The molecule has 6 heteroatoms. The van der Waals surface area contributed by atoms with Crippen LogP contribution in [0.1, 0.15) is 5.56 Å². The number of rotatable bonds is 6. The molecule has 3 rings (SSSR count). The Morgan fingerprint density at radius 2 is 2.09 bits per heavy atom. The van der Waals surface area contributed by atoms with Gasteiger partial charge in [0.1, 0.15) is 12.2 Å². The normalized spacial score (nSPS) is 34.0. The lowest BCUT2D eigenvalue weighted by molar-refractivity contribution is -0.151. The lowest BCUT2D eigenvalue weighted by atomic mass is 10.0. The third-order valence-electron chi connectivity index (χ3n) is 4.35. The monoisotopic (exact) mass is 308 g/mol. The molecular weight excluding hydrogens is 288 g/mol. The molecule has 6 nitrogen and oxygen atoms in total. The molecular formula is C16H20O6. The third kappa shape index (κ3) is 2.75. The van der Waals surface area contributed by atoms with Gasteiger partial charge in [-0.3, -0.25) is 4.79 Å². The van der Waals surface area contributed by atoms with Crippen LogP contribution in [0.5, 0.6) is 0 Å². The van der Waals surface area contributed by atoms with E-state index < -0.39 is 24.9 Å². The van der Waals surface area contributed by atoms with Gasteiger partial charge in [0.15, 0.2) is 0 Å². The number of carbonyl (C=O) groups is 1. The highest BCUT2D eigenvalue weighted by atomic mass is 16.6. The summed E-state index contributed by atoms with van der Waals surface area (Å²) in [5, 5.41) is 19.0. The topological polar surface area (TPSA) is 85.2 Å². The minimum Gasteiger partial charge on any atom is -0.469 e. The summed E-state index contributed by atoms with van der Waals surface area (Å²) in [6.07, 6.45) is -2.37. The molecule has 2 unspecified atom stereocenters. The van der Waals surface area contributed by atoms with Gasteiger partial charge in [0, 0.05) is 5.92 Å². The van der Waals surface area contributed by atoms with Crippen molar-refractivity contribution in [3.8, 4) is 0 Å². The summed E-state index contributed by atoms with van der Waals surface area (Å²) in [5.41, 5.74) is 0.999. The maximum absolute atomic E-state index is 11.7. The van der Waals surface area contributed by atoms with Crippen LogP contribution in [-0.2, 0) is 25.6 Å². The van der Waals surface area contributed by atoms with Crippen molar-refractivity contribution in [3.63, 3.8) is 0 Å². The molecule has 0 amide bonds. The van der Waals surface area contributed by atoms with E-state index in [2.05, 4.69) is 0 Å². The highest BCUT2D eigenvalue weighted by Gasteiger charge is 2.68. The van der Waals surface area contributed by atoms with Gasteiger partial charge in [0.25, 0.3) is 0 Å². The van der Waals surface area contributed by atoms with E-state index in [1.807, 2.05) is 30.3 Å². The second-order valence-corrected chi connectivity index (χ2v) is 5.70. The van der Waals surface area contributed by atoms with Crippen molar-refractivity contribution in [1.82, 2.24) is 0 Å². The van der Waals surface area contributed by atoms with Gasteiger partial charge in [-0.1, -0.05) is 30.3 Å². The predicted octanol–water partition coefficient (Wildman–Crippen LogP) is 0.111. The Morgan fingerprint density at radius 3 is 2.73 bits per heavy atom. The van der Waals surface area contributed by atoms with Crippen LogP contribution in [0, 0.1) is 11.8 Å². The minimum atomic E-state index is -1.02. The SMILES string of the molecule is COC(=O)C1[C@@H]2[C@@H](OCc3ccccc3)[C@@H](C(O)CO)O[C@H]12. The van der Waals surface area contributed by atoms with Crippen LogP contribution in [0.4, 0.5) is 0 Å². The van der Waals surface area contributed by atoms with Gasteiger partial charge in [-0.25, -0.2) is 0 Å². The van der Waals surface area contributed by atoms with Crippen molar-refractivity contribution in [1.29, 1.82) is 0 Å². The molecule has 1 aromatic carbocycles. The Bertz CT molecular complexity index is 519. The average molecular weight is 308 g/mol. The molecule has 0 spiro atoms. The first-order chi connectivity index (χ1) is 10.7. The fourth-order valence-corrected chi connectivity index (χ4v) is 3.16. The zero-order valence-electron chi connectivity index (χ0n) is 12.3. The van der Waals surface area contributed by atoms with Gasteiger partial charge in [0.2, 0.25) is 0 Å². The van der Waals surface area contributed by atoms with E-state index in [-0.39, 0.29) is 23.9 Å². The van der Waals surface area contributed by atoms with Crippen molar-refractivity contribution >= 4 is 5.97 Å². The molecule has 120 valence electrons. The van der Waals surface area contributed by atoms with E-state index in [1.165, 1.54) is 7.11 Å². The van der Waals surface area contributed by atoms with Gasteiger partial charge in [0.05, 0.1) is 38.4 Å². The van der Waals surface area contributed by atoms with Crippen LogP contribution in [-0.4, -0.2) is 54.3 Å². The van der Waals surface area contributed by atoms with Gasteiger partial charge in [-0.2, -0.15) is 0 Å². The maximum Gasteiger partial charge on any atom is 0.311 e. The van der Waals surface area contributed by atoms with Crippen LogP contribution >= 0.6 is 0 Å². The first-order valence-electron chi connectivity index (χ1n) is 7.35. The molecule has 1 aliphatic heterocycles. The van der Waals surface area contributed by atoms with Crippen molar-refractivity contribution in [2.75, 3.05) is 13.7 Å². The lowest BCUT2D eigenvalue weighted by Gasteiger charge is -2.26. The quantitative estimate of drug-likeness (QED) is 0.726. The number of fused-ring (bicyclic) bond motifs is 1. The molecule has 0 bridgehead atoms. The summed E-state index contributed by atoms with van der Waals surface area (Å²) in [6, 6.07) is 9.64. The number of aliphatic hydroxyl groups excluding tert-OH is 2. The van der Waals surface area contributed by atoms with Crippen LogP contribution in [0.15, 0.2) is 30.3 Å². The molecule has 22 heavy (non-hydrogen) atoms. The number of benzene rings is 1. The summed E-state index contributed by atoms with van der Waals surface area (Å²) in [6.45, 7) is -0.0428. The van der Waals surface area contributed by atoms with E-state index in [4.69, 9.17) is 19.3 Å². The Balaban J connectivity index is 1.68. The van der Waals surface area contributed by atoms with E-state index in [1.54, 1.807) is 0 Å². The molecule has 1 saturated heterocycles. The molecule has 1 aliphatic carbocycles. The van der Waals surface area contributed by atoms with E-state index in [9.17, 15) is 9.90 Å². The number of methoxy groups -OCH3 is 1. The zero-order valence-corrected chi connectivity index (χ0v) is 12.3. The standard InChI is InChI=1S/C16H20O6/c1-20-16(19)12-11-14(12)22-13(10(18)7-17)15(11)21-8-9-5-3-2-4-6-9/h2-6,10-15,17-18H,7-8H2,1H3/t10?,11-,12?,13+,14-,15+/m0/s1. The highest BCUT2D eigenvalue weighted by molar-refractivity contribution is 5.77. The van der Waals surface area contributed by atoms with Gasteiger partial charge >= 0.3 is 5.97 Å². The number of carbonyl (C=O) groups excluding carboxylic acids is 1. The Kier molecular flexibility index (Phi) is 4.44. The van der Waals surface area contributed by atoms with Gasteiger partial charge < -0.3 is 24.4 Å². The van der Waals surface area contributed by atoms with Crippen LogP contribution in [0.3, 0.4) is 0 Å². The maximum atomic E-state index is 11.7. The summed E-state index contributed by atoms with van der Waals surface area (Å²) >= 11 is 0. The van der Waals surface area contributed by atoms with Gasteiger partial charge in [-0.05, 0) is 5.56 Å². The molecule has 1 saturated carbocycles.